The Kier molecular flexibility index (Phi) is 4.21. The lowest BCUT2D eigenvalue weighted by Crippen LogP contribution is -2.30. The second-order valence-corrected chi connectivity index (χ2v) is 7.90. The normalized spacial score (nSPS) is 20.8. The number of benzene rings is 1. The smallest absolute Gasteiger partial charge is 0.207 e. The molecule has 0 N–H and O–H groups in total. The van der Waals surface area contributed by atoms with E-state index in [0.717, 1.165) is 6.42 Å². The summed E-state index contributed by atoms with van der Waals surface area (Å²) in [6.07, 6.45) is 0.899. The summed E-state index contributed by atoms with van der Waals surface area (Å²) in [6.45, 7) is 8.67. The van der Waals surface area contributed by atoms with Crippen LogP contribution in [0.2, 0.25) is 0 Å². The van der Waals surface area contributed by atoms with Crippen LogP contribution in [0.15, 0.2) is 17.0 Å². The molecule has 1 heterocycles. The molecular weight excluding hydrogens is 277 g/mol. The number of nitrogens with zero attached hydrogens (tertiary/aromatic N) is 1. The van der Waals surface area contributed by atoms with Crippen molar-refractivity contribution < 1.29 is 12.8 Å². The van der Waals surface area contributed by atoms with Crippen molar-refractivity contribution in [1.29, 1.82) is 0 Å². The third kappa shape index (κ3) is 2.74. The molecule has 0 saturated carbocycles. The molecule has 0 amide bonds. The Morgan fingerprint density at radius 1 is 1.25 bits per heavy atom. The molecule has 1 aromatic rings. The molecule has 20 heavy (non-hydrogen) atoms. The average molecular weight is 299 g/mol. The highest BCUT2D eigenvalue weighted by molar-refractivity contribution is 7.89. The molecule has 1 aliphatic heterocycles. The summed E-state index contributed by atoms with van der Waals surface area (Å²) in [7, 11) is -3.52. The van der Waals surface area contributed by atoms with Gasteiger partial charge in [0.1, 0.15) is 5.82 Å². The fraction of sp³-hybridized carbons (Fsp3) is 0.600. The van der Waals surface area contributed by atoms with Crippen LogP contribution in [-0.2, 0) is 10.0 Å². The van der Waals surface area contributed by atoms with Gasteiger partial charge in [0, 0.05) is 13.1 Å². The summed E-state index contributed by atoms with van der Waals surface area (Å²) in [6, 6.07) is 2.58. The summed E-state index contributed by atoms with van der Waals surface area (Å²) < 4.78 is 40.4. The highest BCUT2D eigenvalue weighted by Gasteiger charge is 2.35. The lowest BCUT2D eigenvalue weighted by molar-refractivity contribution is 0.388. The highest BCUT2D eigenvalue weighted by atomic mass is 32.2. The first kappa shape index (κ1) is 15.4. The Morgan fingerprint density at radius 2 is 1.80 bits per heavy atom. The zero-order valence-corrected chi connectivity index (χ0v) is 13.3. The van der Waals surface area contributed by atoms with Gasteiger partial charge in [-0.25, -0.2) is 12.8 Å². The van der Waals surface area contributed by atoms with Crippen molar-refractivity contribution in [1.82, 2.24) is 4.31 Å². The molecule has 1 aliphatic rings. The van der Waals surface area contributed by atoms with Gasteiger partial charge >= 0.3 is 0 Å². The van der Waals surface area contributed by atoms with Crippen molar-refractivity contribution in [2.24, 2.45) is 11.8 Å². The Labute approximate surface area is 120 Å². The first-order chi connectivity index (χ1) is 9.23. The molecule has 112 valence electrons. The fourth-order valence-corrected chi connectivity index (χ4v) is 4.87. The maximum absolute atomic E-state index is 13.3. The van der Waals surface area contributed by atoms with Gasteiger partial charge in [0.05, 0.1) is 4.90 Å². The molecule has 2 rings (SSSR count). The van der Waals surface area contributed by atoms with Gasteiger partial charge < -0.3 is 0 Å². The maximum Gasteiger partial charge on any atom is 0.243 e. The van der Waals surface area contributed by atoms with Gasteiger partial charge in [-0.1, -0.05) is 13.8 Å². The van der Waals surface area contributed by atoms with Crippen LogP contribution in [0, 0.1) is 31.5 Å². The van der Waals surface area contributed by atoms with E-state index in [-0.39, 0.29) is 10.7 Å². The Balaban J connectivity index is 2.38. The molecule has 0 aliphatic carbocycles. The first-order valence-corrected chi connectivity index (χ1v) is 8.44. The Hall–Kier alpha value is -0.940. The Bertz CT molecular complexity index is 587. The second-order valence-electron chi connectivity index (χ2n) is 6.02. The van der Waals surface area contributed by atoms with Crippen LogP contribution in [0.1, 0.15) is 31.4 Å². The van der Waals surface area contributed by atoms with E-state index in [1.54, 1.807) is 18.2 Å². The van der Waals surface area contributed by atoms with E-state index in [1.807, 2.05) is 0 Å². The van der Waals surface area contributed by atoms with E-state index in [4.69, 9.17) is 0 Å². The van der Waals surface area contributed by atoms with Crippen molar-refractivity contribution in [3.05, 3.63) is 29.1 Å². The lowest BCUT2D eigenvalue weighted by atomic mass is 9.96. The number of halogens is 1. The van der Waals surface area contributed by atoms with Crippen LogP contribution in [0.5, 0.6) is 0 Å². The first-order valence-electron chi connectivity index (χ1n) is 7.00. The summed E-state index contributed by atoms with van der Waals surface area (Å²) in [5.41, 5.74) is 0.964. The van der Waals surface area contributed by atoms with Crippen molar-refractivity contribution in [2.75, 3.05) is 13.1 Å². The van der Waals surface area contributed by atoms with Gasteiger partial charge in [0.25, 0.3) is 0 Å². The average Bonchev–Trinajstić information content (AvgIpc) is 2.76. The predicted octanol–water partition coefficient (Wildman–Crippen LogP) is 3.11. The molecule has 0 bridgehead atoms. The van der Waals surface area contributed by atoms with Gasteiger partial charge in [-0.15, -0.1) is 0 Å². The summed E-state index contributed by atoms with van der Waals surface area (Å²) in [4.78, 5) is 0.267. The van der Waals surface area contributed by atoms with Crippen molar-refractivity contribution in [3.8, 4) is 0 Å². The van der Waals surface area contributed by atoms with Gasteiger partial charge in [-0.3, -0.25) is 0 Å². The number of aryl methyl sites for hydroxylation is 2. The monoisotopic (exact) mass is 299 g/mol. The van der Waals surface area contributed by atoms with Crippen LogP contribution in [0.3, 0.4) is 0 Å². The molecule has 1 unspecified atom stereocenters. The van der Waals surface area contributed by atoms with Gasteiger partial charge in [-0.05, 0) is 55.4 Å². The topological polar surface area (TPSA) is 37.4 Å². The van der Waals surface area contributed by atoms with Gasteiger partial charge in [0.15, 0.2) is 0 Å². The van der Waals surface area contributed by atoms with Gasteiger partial charge in [0.2, 0.25) is 10.0 Å². The van der Waals surface area contributed by atoms with Crippen LogP contribution in [0.4, 0.5) is 4.39 Å². The number of rotatable bonds is 3. The van der Waals surface area contributed by atoms with Crippen molar-refractivity contribution in [2.45, 2.75) is 39.0 Å². The van der Waals surface area contributed by atoms with E-state index < -0.39 is 10.0 Å². The lowest BCUT2D eigenvalue weighted by Gasteiger charge is -2.20. The van der Waals surface area contributed by atoms with Crippen LogP contribution < -0.4 is 0 Å². The van der Waals surface area contributed by atoms with E-state index in [9.17, 15) is 12.8 Å². The molecule has 1 fully saturated rings. The second kappa shape index (κ2) is 5.45. The van der Waals surface area contributed by atoms with E-state index in [0.29, 0.717) is 36.1 Å². The summed E-state index contributed by atoms with van der Waals surface area (Å²) >= 11 is 0. The minimum atomic E-state index is -3.52. The number of hydrogen-bond acceptors (Lipinski definition) is 2. The van der Waals surface area contributed by atoms with Crippen LogP contribution in [-0.4, -0.2) is 25.8 Å². The number of sulfonamides is 1. The fourth-order valence-electron chi connectivity index (χ4n) is 2.95. The van der Waals surface area contributed by atoms with Gasteiger partial charge in [-0.2, -0.15) is 4.31 Å². The van der Waals surface area contributed by atoms with E-state index in [1.165, 1.54) is 12.1 Å². The molecule has 1 atom stereocenters. The predicted molar refractivity (Wildman–Crippen MR) is 77.6 cm³/mol. The van der Waals surface area contributed by atoms with Crippen LogP contribution in [0.25, 0.3) is 0 Å². The molecule has 5 heteroatoms. The SMILES string of the molecule is Cc1cc(F)cc(C)c1S(=O)(=O)N1CCC(C(C)C)C1. The molecule has 0 aromatic heterocycles. The summed E-state index contributed by atoms with van der Waals surface area (Å²) in [5.74, 6) is 0.497. The van der Waals surface area contributed by atoms with E-state index >= 15 is 0 Å². The van der Waals surface area contributed by atoms with Crippen molar-refractivity contribution in [3.63, 3.8) is 0 Å². The largest absolute Gasteiger partial charge is 0.243 e. The zero-order valence-electron chi connectivity index (χ0n) is 12.5. The molecule has 1 saturated heterocycles. The van der Waals surface area contributed by atoms with Crippen molar-refractivity contribution >= 4 is 10.0 Å². The quantitative estimate of drug-likeness (QED) is 0.860. The maximum atomic E-state index is 13.3. The molecule has 0 spiro atoms. The molecular formula is C15H22FNO2S. The zero-order chi connectivity index (χ0) is 15.1. The van der Waals surface area contributed by atoms with Crippen LogP contribution >= 0.6 is 0 Å². The minimum Gasteiger partial charge on any atom is -0.207 e. The Morgan fingerprint density at radius 3 is 2.25 bits per heavy atom. The minimum absolute atomic E-state index is 0.267. The highest BCUT2D eigenvalue weighted by Crippen LogP contribution is 2.31. The standard InChI is InChI=1S/C15H22FNO2S/c1-10(2)13-5-6-17(9-13)20(18,19)15-11(3)7-14(16)8-12(15)4/h7-8,10,13H,5-6,9H2,1-4H3. The number of hydrogen-bond donors (Lipinski definition) is 0. The third-order valence-electron chi connectivity index (χ3n) is 4.15. The molecule has 0 radical (unpaired) electrons. The third-order valence-corrected chi connectivity index (χ3v) is 6.32. The molecule has 1 aromatic carbocycles. The van der Waals surface area contributed by atoms with E-state index in [2.05, 4.69) is 13.8 Å². The molecule has 3 nitrogen and oxygen atoms in total. The summed E-state index contributed by atoms with van der Waals surface area (Å²) in [5, 5.41) is 0.